The van der Waals surface area contributed by atoms with E-state index in [1.807, 2.05) is 41.5 Å². The summed E-state index contributed by atoms with van der Waals surface area (Å²) in [5, 5.41) is 20.4. The van der Waals surface area contributed by atoms with Crippen LogP contribution in [0.25, 0.3) is 20.5 Å². The Morgan fingerprint density at radius 1 is 0.808 bits per heavy atom. The predicted octanol–water partition coefficient (Wildman–Crippen LogP) is 6.28. The highest BCUT2D eigenvalue weighted by atomic mass is 14.7. The van der Waals surface area contributed by atoms with E-state index in [1.54, 1.807) is 12.1 Å². The Morgan fingerprint density at radius 2 is 1.38 bits per heavy atom. The van der Waals surface area contributed by atoms with Crippen molar-refractivity contribution in [3.05, 3.63) is 57.2 Å². The molecule has 0 aliphatic carbocycles. The van der Waals surface area contributed by atoms with E-state index in [9.17, 15) is 10.5 Å². The van der Waals surface area contributed by atoms with Gasteiger partial charge in [0.25, 0.3) is 0 Å². The minimum atomic E-state index is -0.369. The van der Waals surface area contributed by atoms with Gasteiger partial charge in [0.1, 0.15) is 0 Å². The lowest BCUT2D eigenvalue weighted by Crippen LogP contribution is -2.15. The van der Waals surface area contributed by atoms with Gasteiger partial charge in [-0.1, -0.05) is 53.7 Å². The molecule has 4 heteroatoms. The Bertz CT molecular complexity index is 991. The zero-order valence-electron chi connectivity index (χ0n) is 15.9. The molecule has 26 heavy (non-hydrogen) atoms. The van der Waals surface area contributed by atoms with E-state index in [0.717, 1.165) is 5.56 Å². The van der Waals surface area contributed by atoms with Crippen molar-refractivity contribution >= 4 is 22.1 Å². The first-order chi connectivity index (χ1) is 12.0. The van der Waals surface area contributed by atoms with Crippen LogP contribution >= 0.6 is 0 Å². The Balaban J connectivity index is 3.33. The molecule has 0 amide bonds. The van der Waals surface area contributed by atoms with Crippen molar-refractivity contribution in [2.24, 2.45) is 0 Å². The molecule has 2 aromatic carbocycles. The van der Waals surface area contributed by atoms with E-state index in [4.69, 9.17) is 13.1 Å². The molecule has 0 saturated heterocycles. The van der Waals surface area contributed by atoms with Crippen molar-refractivity contribution in [3.8, 4) is 12.1 Å². The molecule has 0 fully saturated rings. The minimum absolute atomic E-state index is 0.317. The topological polar surface area (TPSA) is 56.3 Å². The van der Waals surface area contributed by atoms with Crippen molar-refractivity contribution in [1.82, 2.24) is 0 Å². The van der Waals surface area contributed by atoms with Gasteiger partial charge in [0.2, 0.25) is 0 Å². The minimum Gasteiger partial charge on any atom is -0.239 e. The monoisotopic (exact) mass is 340 g/mol. The van der Waals surface area contributed by atoms with Crippen molar-refractivity contribution < 1.29 is 0 Å². The molecular weight excluding hydrogens is 320 g/mol. The molecule has 0 bridgehead atoms. The van der Waals surface area contributed by atoms with Gasteiger partial charge in [0.05, 0.1) is 36.4 Å². The molecular formula is C22H20N4. The largest absolute Gasteiger partial charge is 0.239 e. The quantitative estimate of drug-likeness (QED) is 0.530. The summed E-state index contributed by atoms with van der Waals surface area (Å²) in [6.45, 7) is 27.1. The summed E-state index contributed by atoms with van der Waals surface area (Å²) in [5.74, 6) is 0. The number of rotatable bonds is 0. The van der Waals surface area contributed by atoms with E-state index >= 15 is 0 Å². The summed E-state index contributed by atoms with van der Waals surface area (Å²) in [5.41, 5.74) is 2.09. The highest BCUT2D eigenvalue weighted by Gasteiger charge is 2.28. The molecule has 0 heterocycles. The van der Waals surface area contributed by atoms with E-state index in [2.05, 4.69) is 21.8 Å². The molecule has 4 nitrogen and oxygen atoms in total. The number of fused-ring (bicyclic) bond motifs is 1. The van der Waals surface area contributed by atoms with Crippen LogP contribution in [0.3, 0.4) is 0 Å². The maximum absolute atomic E-state index is 9.84. The third kappa shape index (κ3) is 2.88. The molecule has 0 aromatic heterocycles. The number of hydrogen-bond acceptors (Lipinski definition) is 2. The third-order valence-corrected chi connectivity index (χ3v) is 4.44. The molecule has 0 radical (unpaired) electrons. The Morgan fingerprint density at radius 3 is 1.77 bits per heavy atom. The van der Waals surface area contributed by atoms with Gasteiger partial charge in [0, 0.05) is 0 Å². The standard InChI is InChI=1S/C22H20N4/c1-21(2,3)15-10-17(25-7)19-18(14(15)12-24)13(11-23)9-16(20(19)26-8)22(4,5)6/h9-10H,1-6H3. The molecule has 0 aliphatic rings. The fourth-order valence-electron chi connectivity index (χ4n) is 3.17. The second-order valence-electron chi connectivity index (χ2n) is 8.34. The van der Waals surface area contributed by atoms with Gasteiger partial charge in [-0.3, -0.25) is 0 Å². The van der Waals surface area contributed by atoms with Gasteiger partial charge in [-0.15, -0.1) is 0 Å². The lowest BCUT2D eigenvalue weighted by molar-refractivity contribution is 0.589. The zero-order valence-corrected chi connectivity index (χ0v) is 15.9. The molecule has 128 valence electrons. The number of benzene rings is 2. The maximum atomic E-state index is 9.84. The number of nitriles is 2. The SMILES string of the molecule is [C-]#[N+]c1cc(C(C)(C)C)c(C#N)c2c(C#N)cc(C(C)(C)C)c([N+]#[C-])c12. The van der Waals surface area contributed by atoms with Crippen molar-refractivity contribution in [1.29, 1.82) is 10.5 Å². The summed E-state index contributed by atoms with van der Waals surface area (Å²) in [6.07, 6.45) is 0. The second-order valence-corrected chi connectivity index (χ2v) is 8.34. The average Bonchev–Trinajstić information content (AvgIpc) is 2.56. The normalized spacial score (nSPS) is 11.3. The molecule has 0 atom stereocenters. The number of hydrogen-bond donors (Lipinski definition) is 0. The molecule has 2 rings (SSSR count). The van der Waals surface area contributed by atoms with E-state index in [-0.39, 0.29) is 10.8 Å². The van der Waals surface area contributed by atoms with Crippen LogP contribution < -0.4 is 0 Å². The predicted molar refractivity (Wildman–Crippen MR) is 103 cm³/mol. The second kappa shape index (κ2) is 6.19. The van der Waals surface area contributed by atoms with E-state index < -0.39 is 0 Å². The number of nitrogens with zero attached hydrogens (tertiary/aromatic N) is 4. The summed E-state index contributed by atoms with van der Waals surface area (Å²) >= 11 is 0. The maximum Gasteiger partial charge on any atom is 0.188 e. The first-order valence-electron chi connectivity index (χ1n) is 8.25. The average molecular weight is 340 g/mol. The summed E-state index contributed by atoms with van der Waals surface area (Å²) in [6, 6.07) is 7.81. The molecule has 0 unspecified atom stereocenters. The van der Waals surface area contributed by atoms with Crippen LogP contribution in [0.1, 0.15) is 63.8 Å². The molecule has 0 spiro atoms. The van der Waals surface area contributed by atoms with Crippen LogP contribution in [0.2, 0.25) is 0 Å². The Labute approximate surface area is 154 Å². The van der Waals surface area contributed by atoms with Gasteiger partial charge in [0.15, 0.2) is 11.4 Å². The van der Waals surface area contributed by atoms with Crippen LogP contribution in [0.5, 0.6) is 0 Å². The van der Waals surface area contributed by atoms with E-state index in [0.29, 0.717) is 38.8 Å². The fourth-order valence-corrected chi connectivity index (χ4v) is 3.17. The van der Waals surface area contributed by atoms with E-state index in [1.165, 1.54) is 0 Å². The third-order valence-electron chi connectivity index (χ3n) is 4.44. The first kappa shape index (κ1) is 19.0. The van der Waals surface area contributed by atoms with Gasteiger partial charge >= 0.3 is 0 Å². The van der Waals surface area contributed by atoms with Gasteiger partial charge in [-0.25, -0.2) is 9.69 Å². The van der Waals surface area contributed by atoms with Crippen molar-refractivity contribution in [2.45, 2.75) is 52.4 Å². The highest BCUT2D eigenvalue weighted by Crippen LogP contribution is 2.47. The zero-order chi connectivity index (χ0) is 19.9. The molecule has 2 aromatic rings. The summed E-state index contributed by atoms with van der Waals surface area (Å²) < 4.78 is 0. The lowest BCUT2D eigenvalue weighted by atomic mass is 9.78. The van der Waals surface area contributed by atoms with Crippen LogP contribution in [0.4, 0.5) is 11.4 Å². The Kier molecular flexibility index (Phi) is 4.52. The van der Waals surface area contributed by atoms with Gasteiger partial charge < -0.3 is 0 Å². The van der Waals surface area contributed by atoms with Crippen LogP contribution in [-0.4, -0.2) is 0 Å². The summed E-state index contributed by atoms with van der Waals surface area (Å²) in [4.78, 5) is 7.35. The molecule has 0 aliphatic heterocycles. The Hall–Kier alpha value is -3.34. The smallest absolute Gasteiger partial charge is 0.188 e. The molecule has 0 saturated carbocycles. The first-order valence-corrected chi connectivity index (χ1v) is 8.25. The van der Waals surface area contributed by atoms with Crippen molar-refractivity contribution in [2.75, 3.05) is 0 Å². The van der Waals surface area contributed by atoms with Gasteiger partial charge in [-0.05, 0) is 32.7 Å². The molecule has 0 N–H and O–H groups in total. The van der Waals surface area contributed by atoms with Crippen LogP contribution in [-0.2, 0) is 10.8 Å². The van der Waals surface area contributed by atoms with Crippen LogP contribution in [0.15, 0.2) is 12.1 Å². The van der Waals surface area contributed by atoms with Crippen LogP contribution in [0, 0.1) is 35.8 Å². The van der Waals surface area contributed by atoms with Gasteiger partial charge in [-0.2, -0.15) is 10.5 Å². The highest BCUT2D eigenvalue weighted by molar-refractivity contribution is 6.10. The summed E-state index contributed by atoms with van der Waals surface area (Å²) in [7, 11) is 0. The lowest BCUT2D eigenvalue weighted by Gasteiger charge is -2.26. The van der Waals surface area contributed by atoms with Crippen molar-refractivity contribution in [3.63, 3.8) is 0 Å². The fraction of sp³-hybridized carbons (Fsp3) is 0.364.